The van der Waals surface area contributed by atoms with Gasteiger partial charge in [0.05, 0.1) is 6.33 Å². The summed E-state index contributed by atoms with van der Waals surface area (Å²) in [6.07, 6.45) is 2.90. The summed E-state index contributed by atoms with van der Waals surface area (Å²) in [5.74, 6) is 0.266. The van der Waals surface area contributed by atoms with E-state index in [2.05, 4.69) is 4.98 Å². The van der Waals surface area contributed by atoms with Crippen LogP contribution in [0.4, 0.5) is 0 Å². The van der Waals surface area contributed by atoms with Gasteiger partial charge in [0.15, 0.2) is 5.03 Å². The standard InChI is InChI=1S/C7H12ClN3O2S/c1-10-5-7(9-6-10)14(12,13)11(2)4-3-8/h5-6H,3-4H2,1-2H3. The Balaban J connectivity index is 2.96. The lowest BCUT2D eigenvalue weighted by atomic mass is 10.8. The second-order valence-electron chi connectivity index (χ2n) is 2.89. The summed E-state index contributed by atoms with van der Waals surface area (Å²) in [7, 11) is -0.269. The highest BCUT2D eigenvalue weighted by Crippen LogP contribution is 2.10. The van der Waals surface area contributed by atoms with Gasteiger partial charge in [0, 0.05) is 32.7 Å². The van der Waals surface area contributed by atoms with Crippen LogP contribution in [0, 0.1) is 0 Å². The van der Waals surface area contributed by atoms with Crippen LogP contribution in [0.1, 0.15) is 0 Å². The Hall–Kier alpha value is -0.590. The van der Waals surface area contributed by atoms with Crippen LogP contribution in [0.2, 0.25) is 0 Å². The third-order valence-corrected chi connectivity index (χ3v) is 3.67. The largest absolute Gasteiger partial charge is 0.339 e. The molecule has 1 rings (SSSR count). The van der Waals surface area contributed by atoms with Crippen molar-refractivity contribution in [1.82, 2.24) is 13.9 Å². The van der Waals surface area contributed by atoms with E-state index in [-0.39, 0.29) is 17.5 Å². The highest BCUT2D eigenvalue weighted by atomic mass is 35.5. The summed E-state index contributed by atoms with van der Waals surface area (Å²) < 4.78 is 26.2. The lowest BCUT2D eigenvalue weighted by Gasteiger charge is -2.13. The molecular formula is C7H12ClN3O2S. The molecule has 0 saturated carbocycles. The Labute approximate surface area is 88.4 Å². The van der Waals surface area contributed by atoms with Gasteiger partial charge in [0.1, 0.15) is 0 Å². The van der Waals surface area contributed by atoms with Crippen LogP contribution in [0.15, 0.2) is 17.6 Å². The maximum atomic E-state index is 11.7. The number of halogens is 1. The average Bonchev–Trinajstić information content (AvgIpc) is 2.52. The first-order chi connectivity index (χ1) is 6.48. The predicted octanol–water partition coefficient (Wildman–Crippen LogP) is 0.279. The topological polar surface area (TPSA) is 55.2 Å². The number of hydrogen-bond donors (Lipinski definition) is 0. The van der Waals surface area contributed by atoms with Gasteiger partial charge in [0.25, 0.3) is 10.0 Å². The maximum Gasteiger partial charge on any atom is 0.261 e. The summed E-state index contributed by atoms with van der Waals surface area (Å²) >= 11 is 5.46. The van der Waals surface area contributed by atoms with Gasteiger partial charge < -0.3 is 4.57 Å². The fourth-order valence-electron chi connectivity index (χ4n) is 0.921. The predicted molar refractivity (Wildman–Crippen MR) is 53.7 cm³/mol. The Bertz CT molecular complexity index is 401. The molecule has 0 saturated heterocycles. The first-order valence-corrected chi connectivity index (χ1v) is 5.96. The van der Waals surface area contributed by atoms with E-state index in [1.54, 1.807) is 11.6 Å². The SMILES string of the molecule is CN(CCCl)S(=O)(=O)c1cn(C)cn1. The average molecular weight is 238 g/mol. The molecule has 0 fully saturated rings. The number of alkyl halides is 1. The van der Waals surface area contributed by atoms with E-state index in [1.807, 2.05) is 0 Å². The van der Waals surface area contributed by atoms with E-state index in [4.69, 9.17) is 11.6 Å². The van der Waals surface area contributed by atoms with Crippen molar-refractivity contribution in [2.75, 3.05) is 19.5 Å². The smallest absolute Gasteiger partial charge is 0.261 e. The molecule has 0 aromatic carbocycles. The molecule has 0 spiro atoms. The fraction of sp³-hybridized carbons (Fsp3) is 0.571. The molecule has 7 heteroatoms. The zero-order valence-corrected chi connectivity index (χ0v) is 9.59. The Kier molecular flexibility index (Phi) is 3.52. The summed E-state index contributed by atoms with van der Waals surface area (Å²) in [5, 5.41) is 0.0487. The van der Waals surface area contributed by atoms with Gasteiger partial charge in [-0.2, -0.15) is 4.31 Å². The third-order valence-electron chi connectivity index (χ3n) is 1.76. The molecule has 1 heterocycles. The quantitative estimate of drug-likeness (QED) is 0.707. The van der Waals surface area contributed by atoms with E-state index in [0.29, 0.717) is 0 Å². The van der Waals surface area contributed by atoms with Crippen LogP contribution in [-0.4, -0.2) is 41.7 Å². The Morgan fingerprint density at radius 1 is 1.64 bits per heavy atom. The molecule has 0 unspecified atom stereocenters. The van der Waals surface area contributed by atoms with E-state index in [1.165, 1.54) is 23.9 Å². The molecule has 0 aliphatic heterocycles. The van der Waals surface area contributed by atoms with Crippen molar-refractivity contribution in [3.05, 3.63) is 12.5 Å². The lowest BCUT2D eigenvalue weighted by molar-refractivity contribution is 0.485. The van der Waals surface area contributed by atoms with Crippen LogP contribution in [0.5, 0.6) is 0 Å². The third kappa shape index (κ3) is 2.26. The highest BCUT2D eigenvalue weighted by Gasteiger charge is 2.22. The van der Waals surface area contributed by atoms with E-state index in [0.717, 1.165) is 0 Å². The summed E-state index contributed by atoms with van der Waals surface area (Å²) in [6.45, 7) is 0.278. The first kappa shape index (κ1) is 11.5. The lowest BCUT2D eigenvalue weighted by Crippen LogP contribution is -2.28. The number of nitrogens with zero attached hydrogens (tertiary/aromatic N) is 3. The summed E-state index contributed by atoms with van der Waals surface area (Å²) in [6, 6.07) is 0. The number of imidazole rings is 1. The molecule has 0 radical (unpaired) electrons. The number of rotatable bonds is 4. The van der Waals surface area contributed by atoms with E-state index >= 15 is 0 Å². The van der Waals surface area contributed by atoms with Gasteiger partial charge in [-0.1, -0.05) is 0 Å². The van der Waals surface area contributed by atoms with Gasteiger partial charge in [0.2, 0.25) is 0 Å². The number of aromatic nitrogens is 2. The van der Waals surface area contributed by atoms with Gasteiger partial charge >= 0.3 is 0 Å². The molecule has 0 N–H and O–H groups in total. The molecule has 0 atom stereocenters. The van der Waals surface area contributed by atoms with Crippen LogP contribution < -0.4 is 0 Å². The molecule has 0 aliphatic carbocycles. The van der Waals surface area contributed by atoms with Crippen molar-refractivity contribution in [3.8, 4) is 0 Å². The normalized spacial score (nSPS) is 12.3. The molecule has 1 aromatic heterocycles. The monoisotopic (exact) mass is 237 g/mol. The van der Waals surface area contributed by atoms with Crippen molar-refractivity contribution in [2.45, 2.75) is 5.03 Å². The van der Waals surface area contributed by atoms with Gasteiger partial charge in [-0.25, -0.2) is 13.4 Å². The molecule has 1 aromatic rings. The summed E-state index contributed by atoms with van der Waals surface area (Å²) in [5.41, 5.74) is 0. The minimum absolute atomic E-state index is 0.0487. The summed E-state index contributed by atoms with van der Waals surface area (Å²) in [4.78, 5) is 3.78. The van der Waals surface area contributed by atoms with Crippen LogP contribution in [-0.2, 0) is 17.1 Å². The van der Waals surface area contributed by atoms with Gasteiger partial charge in [-0.05, 0) is 0 Å². The first-order valence-electron chi connectivity index (χ1n) is 3.98. The highest BCUT2D eigenvalue weighted by molar-refractivity contribution is 7.89. The molecule has 0 bridgehead atoms. The molecular weight excluding hydrogens is 226 g/mol. The number of hydrogen-bond acceptors (Lipinski definition) is 3. The maximum absolute atomic E-state index is 11.7. The zero-order valence-electron chi connectivity index (χ0n) is 8.01. The van der Waals surface area contributed by atoms with Crippen molar-refractivity contribution in [3.63, 3.8) is 0 Å². The van der Waals surface area contributed by atoms with Crippen molar-refractivity contribution < 1.29 is 8.42 Å². The van der Waals surface area contributed by atoms with Crippen molar-refractivity contribution >= 4 is 21.6 Å². The van der Waals surface area contributed by atoms with Crippen LogP contribution in [0.25, 0.3) is 0 Å². The van der Waals surface area contributed by atoms with E-state index < -0.39 is 10.0 Å². The van der Waals surface area contributed by atoms with Crippen molar-refractivity contribution in [1.29, 1.82) is 0 Å². The molecule has 0 aliphatic rings. The number of aryl methyl sites for hydroxylation is 1. The molecule has 0 amide bonds. The van der Waals surface area contributed by atoms with E-state index in [9.17, 15) is 8.42 Å². The Morgan fingerprint density at radius 3 is 2.71 bits per heavy atom. The zero-order chi connectivity index (χ0) is 10.8. The van der Waals surface area contributed by atoms with Gasteiger partial charge in [-0.3, -0.25) is 0 Å². The van der Waals surface area contributed by atoms with Gasteiger partial charge in [-0.15, -0.1) is 11.6 Å². The van der Waals surface area contributed by atoms with Crippen LogP contribution in [0.3, 0.4) is 0 Å². The number of sulfonamides is 1. The second-order valence-corrected chi connectivity index (χ2v) is 5.26. The van der Waals surface area contributed by atoms with Crippen molar-refractivity contribution in [2.24, 2.45) is 7.05 Å². The molecule has 14 heavy (non-hydrogen) atoms. The second kappa shape index (κ2) is 4.29. The Morgan fingerprint density at radius 2 is 2.29 bits per heavy atom. The fourth-order valence-corrected chi connectivity index (χ4v) is 2.41. The molecule has 5 nitrogen and oxygen atoms in total. The minimum Gasteiger partial charge on any atom is -0.339 e. The van der Waals surface area contributed by atoms with Crippen LogP contribution >= 0.6 is 11.6 Å². The molecule has 80 valence electrons. The minimum atomic E-state index is -3.46.